The molecule has 0 aromatic carbocycles. The topological polar surface area (TPSA) is 82.9 Å². The molecule has 1 aliphatic rings. The van der Waals surface area contributed by atoms with E-state index in [0.29, 0.717) is 13.0 Å². The summed E-state index contributed by atoms with van der Waals surface area (Å²) in [7, 11) is 2.94. The molecule has 1 atom stereocenters. The van der Waals surface area contributed by atoms with E-state index in [1.54, 1.807) is 0 Å². The van der Waals surface area contributed by atoms with E-state index < -0.39 is 6.04 Å². The summed E-state index contributed by atoms with van der Waals surface area (Å²) in [4.78, 5) is 37.6. The summed E-state index contributed by atoms with van der Waals surface area (Å²) in [5.41, 5.74) is 0. The summed E-state index contributed by atoms with van der Waals surface area (Å²) in [6.45, 7) is 2.29. The lowest BCUT2D eigenvalue weighted by Gasteiger charge is -2.15. The van der Waals surface area contributed by atoms with E-state index in [9.17, 15) is 14.4 Å². The monoisotopic (exact) mass is 293 g/mol. The summed E-state index contributed by atoms with van der Waals surface area (Å²) in [6, 6.07) is 2.63. The molecule has 1 aromatic heterocycles. The van der Waals surface area contributed by atoms with Gasteiger partial charge in [-0.15, -0.1) is 0 Å². The molecular formula is C14H19N3O4. The molecule has 2 rings (SSSR count). The van der Waals surface area contributed by atoms with Gasteiger partial charge >= 0.3 is 6.03 Å². The average molecular weight is 293 g/mol. The lowest BCUT2D eigenvalue weighted by Crippen LogP contribution is -2.37. The van der Waals surface area contributed by atoms with Crippen LogP contribution in [-0.4, -0.2) is 54.3 Å². The van der Waals surface area contributed by atoms with Gasteiger partial charge in [0.1, 0.15) is 17.6 Å². The Bertz CT molecular complexity index is 566. The van der Waals surface area contributed by atoms with Crippen LogP contribution in [-0.2, 0) is 16.0 Å². The first kappa shape index (κ1) is 15.1. The van der Waals surface area contributed by atoms with E-state index >= 15 is 0 Å². The third-order valence-corrected chi connectivity index (χ3v) is 3.54. The number of imide groups is 1. The van der Waals surface area contributed by atoms with Gasteiger partial charge in [0, 0.05) is 27.1 Å². The van der Waals surface area contributed by atoms with Gasteiger partial charge in [-0.1, -0.05) is 0 Å². The molecule has 0 spiro atoms. The summed E-state index contributed by atoms with van der Waals surface area (Å²) in [6.07, 6.45) is 0.565. The van der Waals surface area contributed by atoms with E-state index in [1.807, 2.05) is 19.1 Å². The SMILES string of the molecule is Cc1ccc(CCNC(=O)CC2C(=O)N(C)C(=O)N2C)o1. The Morgan fingerprint density at radius 1 is 1.33 bits per heavy atom. The van der Waals surface area contributed by atoms with E-state index in [2.05, 4.69) is 5.32 Å². The van der Waals surface area contributed by atoms with Crippen LogP contribution in [0.15, 0.2) is 16.5 Å². The Balaban J connectivity index is 1.79. The van der Waals surface area contributed by atoms with Crippen LogP contribution < -0.4 is 5.32 Å². The number of amides is 4. The summed E-state index contributed by atoms with van der Waals surface area (Å²) >= 11 is 0. The minimum atomic E-state index is -0.714. The molecule has 114 valence electrons. The second-order valence-corrected chi connectivity index (χ2v) is 5.12. The third kappa shape index (κ3) is 3.24. The molecule has 4 amide bonds. The standard InChI is InChI=1S/C14H19N3O4/c1-9-4-5-10(21-9)6-7-15-12(18)8-11-13(19)17(3)14(20)16(11)2/h4-5,11H,6-8H2,1-3H3,(H,15,18). The number of nitrogens with zero attached hydrogens (tertiary/aromatic N) is 2. The van der Waals surface area contributed by atoms with Crippen molar-refractivity contribution in [1.82, 2.24) is 15.1 Å². The van der Waals surface area contributed by atoms with Gasteiger partial charge in [0.25, 0.3) is 5.91 Å². The van der Waals surface area contributed by atoms with Crippen molar-refractivity contribution in [1.29, 1.82) is 0 Å². The lowest BCUT2D eigenvalue weighted by molar-refractivity contribution is -0.131. The number of carbonyl (C=O) groups excluding carboxylic acids is 3. The number of furan rings is 1. The van der Waals surface area contributed by atoms with Crippen LogP contribution in [0.1, 0.15) is 17.9 Å². The number of rotatable bonds is 5. The zero-order valence-corrected chi connectivity index (χ0v) is 12.4. The highest BCUT2D eigenvalue weighted by atomic mass is 16.3. The number of hydrogen-bond acceptors (Lipinski definition) is 4. The molecule has 1 aromatic rings. The van der Waals surface area contributed by atoms with Crippen molar-refractivity contribution in [3.63, 3.8) is 0 Å². The van der Waals surface area contributed by atoms with Gasteiger partial charge in [-0.3, -0.25) is 14.5 Å². The largest absolute Gasteiger partial charge is 0.466 e. The molecule has 1 unspecified atom stereocenters. The van der Waals surface area contributed by atoms with Crippen LogP contribution in [0.5, 0.6) is 0 Å². The third-order valence-electron chi connectivity index (χ3n) is 3.54. The zero-order chi connectivity index (χ0) is 15.6. The predicted octanol–water partition coefficient (Wildman–Crippen LogP) is 0.529. The quantitative estimate of drug-likeness (QED) is 0.803. The van der Waals surface area contributed by atoms with Crippen LogP contribution >= 0.6 is 0 Å². The molecule has 0 bridgehead atoms. The molecule has 1 N–H and O–H groups in total. The number of urea groups is 1. The fourth-order valence-electron chi connectivity index (χ4n) is 2.27. The van der Waals surface area contributed by atoms with Crippen molar-refractivity contribution in [2.24, 2.45) is 0 Å². The minimum Gasteiger partial charge on any atom is -0.466 e. The van der Waals surface area contributed by atoms with Crippen molar-refractivity contribution in [3.05, 3.63) is 23.7 Å². The number of likely N-dealkylation sites (N-methyl/N-ethyl adjacent to an activating group) is 2. The van der Waals surface area contributed by atoms with E-state index in [4.69, 9.17) is 4.42 Å². The lowest BCUT2D eigenvalue weighted by atomic mass is 10.2. The molecule has 1 aliphatic heterocycles. The van der Waals surface area contributed by atoms with Gasteiger partial charge in [0.15, 0.2) is 0 Å². The average Bonchev–Trinajstić information content (AvgIpc) is 2.93. The fourth-order valence-corrected chi connectivity index (χ4v) is 2.27. The first-order valence-electron chi connectivity index (χ1n) is 6.76. The van der Waals surface area contributed by atoms with Gasteiger partial charge in [-0.05, 0) is 19.1 Å². The van der Waals surface area contributed by atoms with Gasteiger partial charge in [-0.2, -0.15) is 0 Å². The maximum absolute atomic E-state index is 11.8. The van der Waals surface area contributed by atoms with Crippen molar-refractivity contribution < 1.29 is 18.8 Å². The summed E-state index contributed by atoms with van der Waals surface area (Å²) < 4.78 is 5.40. The highest BCUT2D eigenvalue weighted by Crippen LogP contribution is 2.16. The zero-order valence-electron chi connectivity index (χ0n) is 12.4. The molecule has 21 heavy (non-hydrogen) atoms. The Hall–Kier alpha value is -2.31. The fraction of sp³-hybridized carbons (Fsp3) is 0.500. The molecular weight excluding hydrogens is 274 g/mol. The molecule has 0 aliphatic carbocycles. The summed E-state index contributed by atoms with van der Waals surface area (Å²) in [5, 5.41) is 2.73. The number of hydrogen-bond donors (Lipinski definition) is 1. The Morgan fingerprint density at radius 2 is 2.05 bits per heavy atom. The van der Waals surface area contributed by atoms with E-state index in [-0.39, 0.29) is 24.3 Å². The molecule has 7 heteroatoms. The van der Waals surface area contributed by atoms with Crippen molar-refractivity contribution in [2.45, 2.75) is 25.8 Å². The van der Waals surface area contributed by atoms with Gasteiger partial charge in [-0.25, -0.2) is 4.79 Å². The van der Waals surface area contributed by atoms with E-state index in [0.717, 1.165) is 16.4 Å². The molecule has 0 saturated carbocycles. The maximum atomic E-state index is 11.8. The molecule has 2 heterocycles. The van der Waals surface area contributed by atoms with Crippen molar-refractivity contribution in [3.8, 4) is 0 Å². The highest BCUT2D eigenvalue weighted by Gasteiger charge is 2.41. The number of carbonyl (C=O) groups is 3. The normalized spacial score (nSPS) is 18.5. The number of nitrogens with one attached hydrogen (secondary N) is 1. The highest BCUT2D eigenvalue weighted by molar-refractivity contribution is 6.05. The molecule has 7 nitrogen and oxygen atoms in total. The Kier molecular flexibility index (Phi) is 4.30. The van der Waals surface area contributed by atoms with Crippen LogP contribution in [0.4, 0.5) is 4.79 Å². The van der Waals surface area contributed by atoms with Crippen molar-refractivity contribution >= 4 is 17.8 Å². The van der Waals surface area contributed by atoms with Crippen LogP contribution in [0, 0.1) is 6.92 Å². The van der Waals surface area contributed by atoms with Crippen molar-refractivity contribution in [2.75, 3.05) is 20.6 Å². The second kappa shape index (κ2) is 5.99. The van der Waals surface area contributed by atoms with Crippen LogP contribution in [0.2, 0.25) is 0 Å². The molecule has 1 fully saturated rings. The Morgan fingerprint density at radius 3 is 2.57 bits per heavy atom. The van der Waals surface area contributed by atoms with Crippen LogP contribution in [0.3, 0.4) is 0 Å². The smallest absolute Gasteiger partial charge is 0.326 e. The second-order valence-electron chi connectivity index (χ2n) is 5.12. The van der Waals surface area contributed by atoms with E-state index in [1.165, 1.54) is 19.0 Å². The van der Waals surface area contributed by atoms with Gasteiger partial charge < -0.3 is 14.6 Å². The molecule has 0 radical (unpaired) electrons. The first-order valence-corrected chi connectivity index (χ1v) is 6.76. The predicted molar refractivity (Wildman–Crippen MR) is 74.5 cm³/mol. The van der Waals surface area contributed by atoms with Crippen LogP contribution in [0.25, 0.3) is 0 Å². The number of aryl methyl sites for hydroxylation is 1. The maximum Gasteiger partial charge on any atom is 0.326 e. The first-order chi connectivity index (χ1) is 9.90. The Labute approximate surface area is 122 Å². The summed E-state index contributed by atoms with van der Waals surface area (Å²) in [5.74, 6) is 1.03. The minimum absolute atomic E-state index is 0.0252. The van der Waals surface area contributed by atoms with Gasteiger partial charge in [0.2, 0.25) is 5.91 Å². The molecule has 1 saturated heterocycles. The van der Waals surface area contributed by atoms with Gasteiger partial charge in [0.05, 0.1) is 6.42 Å².